The number of carbonyl (C=O) groups is 6. The van der Waals surface area contributed by atoms with Crippen molar-refractivity contribution in [3.05, 3.63) is 0 Å². The minimum absolute atomic E-state index is 0.141. The van der Waals surface area contributed by atoms with E-state index >= 15 is 0 Å². The lowest BCUT2D eigenvalue weighted by atomic mass is 9.97. The molecule has 0 aromatic rings. The Balaban J connectivity index is 5.29. The molecule has 0 rings (SSSR count). The number of carboxylic acids is 3. The highest BCUT2D eigenvalue weighted by Crippen LogP contribution is 2.10. The number of amides is 3. The average molecular weight is 479 g/mol. The smallest absolute Gasteiger partial charge is 0.326 e. The molecule has 5 atom stereocenters. The van der Waals surface area contributed by atoms with Gasteiger partial charge in [0.2, 0.25) is 17.7 Å². The van der Waals surface area contributed by atoms with Crippen LogP contribution < -0.4 is 21.7 Å². The zero-order valence-electron chi connectivity index (χ0n) is 17.7. The van der Waals surface area contributed by atoms with Crippen molar-refractivity contribution in [3.8, 4) is 0 Å². The Bertz CT molecular complexity index is 719. The zero-order valence-corrected chi connectivity index (χ0v) is 18.6. The van der Waals surface area contributed by atoms with E-state index in [4.69, 9.17) is 21.1 Å². The molecule has 0 aliphatic rings. The number of aliphatic carboxylic acids is 3. The number of carboxylic acid groups (broad SMARTS) is 3. The lowest BCUT2D eigenvalue weighted by Gasteiger charge is -2.27. The standard InChI is InChI=1S/C18H30N4O9S/c1-3-8(2)14(22-15(27)9(19)4-5-12(23)24)17(29)21-11(7-32)16(28)20-10(18(30)31)6-13(25)26/h8-11,14,32H,3-7,19H2,1-2H3,(H,20,28)(H,21,29)(H,22,27)(H,23,24)(H,25,26)(H,30,31). The third kappa shape index (κ3) is 10.4. The van der Waals surface area contributed by atoms with Crippen molar-refractivity contribution in [1.29, 1.82) is 0 Å². The normalized spacial score (nSPS) is 15.4. The maximum atomic E-state index is 12.8. The molecule has 32 heavy (non-hydrogen) atoms. The minimum Gasteiger partial charge on any atom is -0.481 e. The molecule has 0 saturated heterocycles. The van der Waals surface area contributed by atoms with Gasteiger partial charge in [-0.15, -0.1) is 0 Å². The van der Waals surface area contributed by atoms with Crippen LogP contribution in [0.15, 0.2) is 0 Å². The van der Waals surface area contributed by atoms with Crippen LogP contribution in [-0.4, -0.2) is 80.9 Å². The van der Waals surface area contributed by atoms with Gasteiger partial charge in [-0.1, -0.05) is 20.3 Å². The lowest BCUT2D eigenvalue weighted by molar-refractivity contribution is -0.147. The van der Waals surface area contributed by atoms with Gasteiger partial charge in [-0.2, -0.15) is 12.6 Å². The molecular formula is C18H30N4O9S. The fourth-order valence-corrected chi connectivity index (χ4v) is 2.73. The van der Waals surface area contributed by atoms with Gasteiger partial charge in [0.25, 0.3) is 0 Å². The zero-order chi connectivity index (χ0) is 25.0. The Morgan fingerprint density at radius 3 is 1.88 bits per heavy atom. The molecular weight excluding hydrogens is 448 g/mol. The summed E-state index contributed by atoms with van der Waals surface area (Å²) in [6.07, 6.45) is -0.885. The summed E-state index contributed by atoms with van der Waals surface area (Å²) in [5.41, 5.74) is 5.67. The molecule has 0 saturated carbocycles. The highest BCUT2D eigenvalue weighted by atomic mass is 32.1. The summed E-state index contributed by atoms with van der Waals surface area (Å²) >= 11 is 3.96. The summed E-state index contributed by atoms with van der Waals surface area (Å²) < 4.78 is 0. The van der Waals surface area contributed by atoms with Crippen molar-refractivity contribution in [1.82, 2.24) is 16.0 Å². The molecule has 8 N–H and O–H groups in total. The number of nitrogens with two attached hydrogens (primary N) is 1. The van der Waals surface area contributed by atoms with Crippen molar-refractivity contribution in [2.24, 2.45) is 11.7 Å². The van der Waals surface area contributed by atoms with Gasteiger partial charge in [-0.05, 0) is 12.3 Å². The second-order valence-electron chi connectivity index (χ2n) is 7.15. The largest absolute Gasteiger partial charge is 0.481 e. The molecule has 0 bridgehead atoms. The van der Waals surface area contributed by atoms with E-state index in [9.17, 15) is 28.8 Å². The molecule has 0 radical (unpaired) electrons. The Morgan fingerprint density at radius 1 is 0.875 bits per heavy atom. The van der Waals surface area contributed by atoms with Gasteiger partial charge < -0.3 is 37.0 Å². The van der Waals surface area contributed by atoms with E-state index in [0.29, 0.717) is 6.42 Å². The van der Waals surface area contributed by atoms with Crippen LogP contribution in [0.5, 0.6) is 0 Å². The summed E-state index contributed by atoms with van der Waals surface area (Å²) in [7, 11) is 0. The second kappa shape index (κ2) is 14.2. The van der Waals surface area contributed by atoms with Crippen molar-refractivity contribution < 1.29 is 44.1 Å². The van der Waals surface area contributed by atoms with Gasteiger partial charge in [0, 0.05) is 12.2 Å². The van der Waals surface area contributed by atoms with Crippen molar-refractivity contribution in [2.75, 3.05) is 5.75 Å². The Hall–Kier alpha value is -2.87. The topological polar surface area (TPSA) is 225 Å². The highest BCUT2D eigenvalue weighted by Gasteiger charge is 2.32. The fourth-order valence-electron chi connectivity index (χ4n) is 2.47. The molecule has 0 aromatic carbocycles. The van der Waals surface area contributed by atoms with E-state index in [0.717, 1.165) is 0 Å². The van der Waals surface area contributed by atoms with Gasteiger partial charge >= 0.3 is 17.9 Å². The van der Waals surface area contributed by atoms with Crippen LogP contribution in [0.25, 0.3) is 0 Å². The predicted octanol–water partition coefficient (Wildman–Crippen LogP) is -1.83. The lowest BCUT2D eigenvalue weighted by Crippen LogP contribution is -2.59. The van der Waals surface area contributed by atoms with Crippen molar-refractivity contribution in [2.45, 2.75) is 63.7 Å². The van der Waals surface area contributed by atoms with Crippen LogP contribution in [0, 0.1) is 5.92 Å². The molecule has 0 heterocycles. The van der Waals surface area contributed by atoms with E-state index in [1.165, 1.54) is 0 Å². The number of nitrogens with one attached hydrogen (secondary N) is 3. The minimum atomic E-state index is -1.71. The molecule has 0 aliphatic heterocycles. The number of thiol groups is 1. The van der Waals surface area contributed by atoms with Crippen LogP contribution >= 0.6 is 12.6 Å². The second-order valence-corrected chi connectivity index (χ2v) is 7.52. The van der Waals surface area contributed by atoms with E-state index in [-0.39, 0.29) is 18.6 Å². The van der Waals surface area contributed by atoms with E-state index in [2.05, 4.69) is 23.3 Å². The van der Waals surface area contributed by atoms with Crippen LogP contribution in [-0.2, 0) is 28.8 Å². The molecule has 0 aliphatic carbocycles. The number of carbonyl (C=O) groups excluding carboxylic acids is 3. The Labute approximate surface area is 189 Å². The first kappa shape index (κ1) is 29.1. The van der Waals surface area contributed by atoms with Crippen LogP contribution in [0.1, 0.15) is 39.5 Å². The maximum Gasteiger partial charge on any atom is 0.326 e. The summed E-state index contributed by atoms with van der Waals surface area (Å²) in [4.78, 5) is 69.9. The Kier molecular flexibility index (Phi) is 13.0. The van der Waals surface area contributed by atoms with Gasteiger partial charge in [0.15, 0.2) is 0 Å². The average Bonchev–Trinajstić information content (AvgIpc) is 2.71. The summed E-state index contributed by atoms with van der Waals surface area (Å²) in [6.45, 7) is 3.42. The first-order valence-electron chi connectivity index (χ1n) is 9.77. The predicted molar refractivity (Wildman–Crippen MR) is 114 cm³/mol. The van der Waals surface area contributed by atoms with Gasteiger partial charge in [-0.3, -0.25) is 24.0 Å². The fraction of sp³-hybridized carbons (Fsp3) is 0.667. The third-order valence-corrected chi connectivity index (χ3v) is 4.97. The summed E-state index contributed by atoms with van der Waals surface area (Å²) in [5, 5.41) is 33.3. The van der Waals surface area contributed by atoms with Crippen LogP contribution in [0.2, 0.25) is 0 Å². The molecule has 0 spiro atoms. The molecule has 182 valence electrons. The van der Waals surface area contributed by atoms with Gasteiger partial charge in [-0.25, -0.2) is 4.79 Å². The number of hydrogen-bond acceptors (Lipinski definition) is 8. The SMILES string of the molecule is CCC(C)C(NC(=O)C(N)CCC(=O)O)C(=O)NC(CS)C(=O)NC(CC(=O)O)C(=O)O. The third-order valence-electron chi connectivity index (χ3n) is 4.61. The van der Waals surface area contributed by atoms with E-state index in [1.54, 1.807) is 13.8 Å². The molecule has 14 heteroatoms. The molecule has 0 aromatic heterocycles. The Morgan fingerprint density at radius 2 is 1.44 bits per heavy atom. The van der Waals surface area contributed by atoms with Gasteiger partial charge in [0.1, 0.15) is 18.1 Å². The first-order valence-corrected chi connectivity index (χ1v) is 10.4. The quantitative estimate of drug-likeness (QED) is 0.123. The monoisotopic (exact) mass is 478 g/mol. The van der Waals surface area contributed by atoms with Gasteiger partial charge in [0.05, 0.1) is 12.5 Å². The highest BCUT2D eigenvalue weighted by molar-refractivity contribution is 7.80. The van der Waals surface area contributed by atoms with E-state index in [1.807, 2.05) is 5.32 Å². The first-order chi connectivity index (χ1) is 14.8. The van der Waals surface area contributed by atoms with Crippen LogP contribution in [0.3, 0.4) is 0 Å². The number of rotatable bonds is 15. The summed E-state index contributed by atoms with van der Waals surface area (Å²) in [6, 6.07) is -5.31. The molecule has 5 unspecified atom stereocenters. The molecule has 0 fully saturated rings. The van der Waals surface area contributed by atoms with Crippen LogP contribution in [0.4, 0.5) is 0 Å². The summed E-state index contributed by atoms with van der Waals surface area (Å²) in [5.74, 6) is -7.25. The molecule has 3 amide bonds. The maximum absolute atomic E-state index is 12.8. The number of hydrogen-bond donors (Lipinski definition) is 8. The van der Waals surface area contributed by atoms with Crippen molar-refractivity contribution >= 4 is 48.3 Å². The molecule has 13 nitrogen and oxygen atoms in total. The van der Waals surface area contributed by atoms with Crippen molar-refractivity contribution in [3.63, 3.8) is 0 Å². The van der Waals surface area contributed by atoms with E-state index < -0.39 is 72.1 Å².